The summed E-state index contributed by atoms with van der Waals surface area (Å²) in [6.45, 7) is 5.07. The second kappa shape index (κ2) is 5.07. The minimum absolute atomic E-state index is 0.0866. The lowest BCUT2D eigenvalue weighted by atomic mass is 10.1. The maximum absolute atomic E-state index is 9.44. The molecule has 0 aliphatic carbocycles. The van der Waals surface area contributed by atoms with Crippen LogP contribution in [0.2, 0.25) is 0 Å². The fourth-order valence-corrected chi connectivity index (χ4v) is 2.59. The molecule has 17 heavy (non-hydrogen) atoms. The molecule has 1 aromatic rings. The van der Waals surface area contributed by atoms with Crippen molar-refractivity contribution in [3.8, 4) is 0 Å². The third-order valence-corrected chi connectivity index (χ3v) is 3.62. The van der Waals surface area contributed by atoms with Gasteiger partial charge in [0, 0.05) is 24.9 Å². The lowest BCUT2D eigenvalue weighted by molar-refractivity contribution is 0.118. The largest absolute Gasteiger partial charge is 0.392 e. The predicted molar refractivity (Wildman–Crippen MR) is 69.3 cm³/mol. The molecule has 1 fully saturated rings. The topological polar surface area (TPSA) is 32.7 Å². The lowest BCUT2D eigenvalue weighted by Crippen LogP contribution is -2.37. The zero-order valence-corrected chi connectivity index (χ0v) is 10.8. The monoisotopic (exact) mass is 235 g/mol. The molecule has 1 aliphatic rings. The van der Waals surface area contributed by atoms with Crippen molar-refractivity contribution in [2.75, 3.05) is 18.6 Å². The second-order valence-electron chi connectivity index (χ2n) is 4.83. The Morgan fingerprint density at radius 3 is 2.82 bits per heavy atom. The Morgan fingerprint density at radius 2 is 2.24 bits per heavy atom. The van der Waals surface area contributed by atoms with E-state index >= 15 is 0 Å². The summed E-state index contributed by atoms with van der Waals surface area (Å²) in [7, 11) is 2.08. The minimum Gasteiger partial charge on any atom is -0.392 e. The van der Waals surface area contributed by atoms with Crippen molar-refractivity contribution in [3.63, 3.8) is 0 Å². The molecular formula is C14H21NO2. The first-order valence-electron chi connectivity index (χ1n) is 6.18. The Hall–Kier alpha value is -1.06. The van der Waals surface area contributed by atoms with Gasteiger partial charge in [0.1, 0.15) is 0 Å². The molecular weight excluding hydrogens is 214 g/mol. The number of aliphatic hydroxyl groups is 1. The Labute approximate surface area is 103 Å². The number of aliphatic hydroxyl groups excluding tert-OH is 1. The first-order valence-corrected chi connectivity index (χ1v) is 6.18. The van der Waals surface area contributed by atoms with E-state index in [0.717, 1.165) is 24.3 Å². The van der Waals surface area contributed by atoms with Gasteiger partial charge < -0.3 is 14.7 Å². The van der Waals surface area contributed by atoms with E-state index in [4.69, 9.17) is 4.74 Å². The van der Waals surface area contributed by atoms with Crippen molar-refractivity contribution in [2.24, 2.45) is 0 Å². The molecule has 1 N–H and O–H groups in total. The van der Waals surface area contributed by atoms with Crippen molar-refractivity contribution >= 4 is 5.69 Å². The van der Waals surface area contributed by atoms with Crippen LogP contribution in [0.5, 0.6) is 0 Å². The average molecular weight is 235 g/mol. The van der Waals surface area contributed by atoms with Gasteiger partial charge in [0.2, 0.25) is 0 Å². The van der Waals surface area contributed by atoms with Gasteiger partial charge in [-0.15, -0.1) is 0 Å². The summed E-state index contributed by atoms with van der Waals surface area (Å²) in [6, 6.07) is 6.63. The molecule has 3 nitrogen and oxygen atoms in total. The van der Waals surface area contributed by atoms with Crippen molar-refractivity contribution in [3.05, 3.63) is 29.3 Å². The third-order valence-electron chi connectivity index (χ3n) is 3.62. The highest BCUT2D eigenvalue weighted by atomic mass is 16.5. The van der Waals surface area contributed by atoms with Crippen LogP contribution in [0.15, 0.2) is 18.2 Å². The summed E-state index contributed by atoms with van der Waals surface area (Å²) >= 11 is 0. The van der Waals surface area contributed by atoms with Crippen LogP contribution < -0.4 is 4.90 Å². The first-order chi connectivity index (χ1) is 8.13. The van der Waals surface area contributed by atoms with Crippen LogP contribution in [-0.4, -0.2) is 30.9 Å². The minimum atomic E-state index is 0.0866. The molecule has 1 aliphatic heterocycles. The van der Waals surface area contributed by atoms with Crippen LogP contribution >= 0.6 is 0 Å². The Morgan fingerprint density at radius 1 is 1.47 bits per heavy atom. The highest BCUT2D eigenvalue weighted by Crippen LogP contribution is 2.27. The number of aryl methyl sites for hydroxylation is 1. The van der Waals surface area contributed by atoms with Gasteiger partial charge in [-0.3, -0.25) is 0 Å². The summed E-state index contributed by atoms with van der Waals surface area (Å²) < 4.78 is 5.60. The molecule has 0 spiro atoms. The zero-order valence-electron chi connectivity index (χ0n) is 10.8. The summed E-state index contributed by atoms with van der Waals surface area (Å²) in [5.41, 5.74) is 3.29. The summed E-state index contributed by atoms with van der Waals surface area (Å²) in [6.07, 6.45) is 1.31. The maximum atomic E-state index is 9.44. The fraction of sp³-hybridized carbons (Fsp3) is 0.571. The van der Waals surface area contributed by atoms with Gasteiger partial charge in [0.05, 0.1) is 18.8 Å². The number of rotatable bonds is 3. The Balaban J connectivity index is 2.26. The number of likely N-dealkylation sites (N-methyl/N-ethyl adjacent to an activating group) is 1. The molecule has 0 bridgehead atoms. The highest BCUT2D eigenvalue weighted by Gasteiger charge is 2.28. The van der Waals surface area contributed by atoms with Crippen LogP contribution in [0.25, 0.3) is 0 Å². The van der Waals surface area contributed by atoms with E-state index in [1.165, 1.54) is 5.56 Å². The van der Waals surface area contributed by atoms with E-state index in [0.29, 0.717) is 6.04 Å². The summed E-state index contributed by atoms with van der Waals surface area (Å²) in [5.74, 6) is 0. The van der Waals surface area contributed by atoms with Crippen LogP contribution in [0.3, 0.4) is 0 Å². The number of benzene rings is 1. The summed E-state index contributed by atoms with van der Waals surface area (Å²) in [5, 5.41) is 9.44. The van der Waals surface area contributed by atoms with Crippen LogP contribution in [0.1, 0.15) is 24.5 Å². The number of nitrogens with zero attached hydrogens (tertiary/aromatic N) is 1. The molecule has 1 aromatic carbocycles. The third kappa shape index (κ3) is 2.45. The molecule has 3 heteroatoms. The molecule has 94 valence electrons. The first kappa shape index (κ1) is 12.4. The van der Waals surface area contributed by atoms with E-state index < -0.39 is 0 Å². The van der Waals surface area contributed by atoms with Gasteiger partial charge in [0.15, 0.2) is 0 Å². The average Bonchev–Trinajstić information content (AvgIpc) is 2.74. The van der Waals surface area contributed by atoms with Gasteiger partial charge in [-0.25, -0.2) is 0 Å². The van der Waals surface area contributed by atoms with Crippen LogP contribution in [0, 0.1) is 6.92 Å². The quantitative estimate of drug-likeness (QED) is 0.871. The predicted octanol–water partition coefficient (Wildman–Crippen LogP) is 2.10. The molecule has 0 radical (unpaired) electrons. The van der Waals surface area contributed by atoms with Gasteiger partial charge in [-0.1, -0.05) is 17.7 Å². The van der Waals surface area contributed by atoms with Crippen molar-refractivity contribution in [1.29, 1.82) is 0 Å². The molecule has 2 rings (SSSR count). The fourth-order valence-electron chi connectivity index (χ4n) is 2.59. The van der Waals surface area contributed by atoms with E-state index in [1.54, 1.807) is 0 Å². The maximum Gasteiger partial charge on any atom is 0.0750 e. The molecule has 0 saturated carbocycles. The lowest BCUT2D eigenvalue weighted by Gasteiger charge is -2.30. The van der Waals surface area contributed by atoms with E-state index in [9.17, 15) is 5.11 Å². The number of hydrogen-bond acceptors (Lipinski definition) is 3. The molecule has 2 atom stereocenters. The van der Waals surface area contributed by atoms with Crippen molar-refractivity contribution in [2.45, 2.75) is 39.0 Å². The van der Waals surface area contributed by atoms with Crippen LogP contribution in [0.4, 0.5) is 5.69 Å². The van der Waals surface area contributed by atoms with Gasteiger partial charge in [-0.05, 0) is 26.3 Å². The molecule has 1 heterocycles. The zero-order chi connectivity index (χ0) is 12.4. The molecule has 0 amide bonds. The Bertz CT molecular complexity index is 392. The van der Waals surface area contributed by atoms with Crippen molar-refractivity contribution in [1.82, 2.24) is 0 Å². The number of ether oxygens (including phenoxy) is 1. The molecule has 1 saturated heterocycles. The number of hydrogen-bond donors (Lipinski definition) is 1. The molecule has 2 unspecified atom stereocenters. The second-order valence-corrected chi connectivity index (χ2v) is 4.83. The van der Waals surface area contributed by atoms with Gasteiger partial charge in [0.25, 0.3) is 0 Å². The van der Waals surface area contributed by atoms with Gasteiger partial charge in [-0.2, -0.15) is 0 Å². The Kier molecular flexibility index (Phi) is 3.69. The smallest absolute Gasteiger partial charge is 0.0750 e. The van der Waals surface area contributed by atoms with Crippen molar-refractivity contribution < 1.29 is 9.84 Å². The number of anilines is 1. The standard InChI is InChI=1S/C14H21NO2/c1-10-4-5-14(12(8-10)9-16)15(3)13-6-7-17-11(13)2/h4-5,8,11,13,16H,6-7,9H2,1-3H3. The summed E-state index contributed by atoms with van der Waals surface area (Å²) in [4.78, 5) is 2.24. The van der Waals surface area contributed by atoms with Gasteiger partial charge >= 0.3 is 0 Å². The van der Waals surface area contributed by atoms with E-state index in [-0.39, 0.29) is 12.7 Å². The van der Waals surface area contributed by atoms with E-state index in [2.05, 4.69) is 31.0 Å². The van der Waals surface area contributed by atoms with Crippen LogP contribution in [-0.2, 0) is 11.3 Å². The van der Waals surface area contributed by atoms with E-state index in [1.807, 2.05) is 13.0 Å². The highest BCUT2D eigenvalue weighted by molar-refractivity contribution is 5.55. The molecule has 0 aromatic heterocycles. The normalized spacial score (nSPS) is 24.0. The SMILES string of the molecule is Cc1ccc(N(C)C2CCOC2C)c(CO)c1.